The molecule has 1 aliphatic carbocycles. The maximum Gasteiger partial charge on any atom is 0.333 e. The number of carbonyl (C=O) groups is 1. The highest BCUT2D eigenvalue weighted by molar-refractivity contribution is 5.86. The molecular weight excluding hydrogens is 200 g/mol. The molecule has 0 heterocycles. The smallest absolute Gasteiger partial charge is 0.333 e. The molecule has 0 aliphatic heterocycles. The second kappa shape index (κ2) is 5.88. The Balaban J connectivity index is 2.33. The molecule has 1 aliphatic rings. The Bertz CT molecular complexity index is 302. The van der Waals surface area contributed by atoms with E-state index in [2.05, 4.69) is 26.5 Å². The van der Waals surface area contributed by atoms with Gasteiger partial charge in [0.05, 0.1) is 6.61 Å². The van der Waals surface area contributed by atoms with Gasteiger partial charge in [0.15, 0.2) is 0 Å². The fourth-order valence-electron chi connectivity index (χ4n) is 1.97. The monoisotopic (exact) mass is 222 g/mol. The summed E-state index contributed by atoms with van der Waals surface area (Å²) >= 11 is 0. The van der Waals surface area contributed by atoms with Gasteiger partial charge in [-0.15, -0.1) is 0 Å². The molecule has 0 bridgehead atoms. The third-order valence-corrected chi connectivity index (χ3v) is 3.31. The lowest BCUT2D eigenvalue weighted by Crippen LogP contribution is -2.21. The molecular formula is C14H22O2. The molecule has 1 rings (SSSR count). The van der Waals surface area contributed by atoms with Crippen molar-refractivity contribution in [3.05, 3.63) is 23.8 Å². The van der Waals surface area contributed by atoms with E-state index in [0.29, 0.717) is 24.0 Å². The van der Waals surface area contributed by atoms with Crippen molar-refractivity contribution >= 4 is 5.97 Å². The number of hydrogen-bond acceptors (Lipinski definition) is 2. The molecule has 0 fully saturated rings. The van der Waals surface area contributed by atoms with Gasteiger partial charge in [-0.3, -0.25) is 0 Å². The van der Waals surface area contributed by atoms with Crippen molar-refractivity contribution in [3.63, 3.8) is 0 Å². The Morgan fingerprint density at radius 3 is 2.88 bits per heavy atom. The standard InChI is InChI=1S/C14H22O2/c1-10(2)14(15)16-9-12(4)13-7-5-11(3)6-8-13/h5,12-13H,1,6-9H2,2-4H3/t12-,13+/m1/s1. The van der Waals surface area contributed by atoms with Gasteiger partial charge in [-0.25, -0.2) is 4.79 Å². The fraction of sp³-hybridized carbons (Fsp3) is 0.643. The molecule has 2 heteroatoms. The quantitative estimate of drug-likeness (QED) is 0.413. The Kier molecular flexibility index (Phi) is 4.78. The summed E-state index contributed by atoms with van der Waals surface area (Å²) in [5, 5.41) is 0. The number of allylic oxidation sites excluding steroid dienone is 2. The van der Waals surface area contributed by atoms with E-state index in [0.717, 1.165) is 6.42 Å². The lowest BCUT2D eigenvalue weighted by atomic mass is 9.82. The molecule has 0 aromatic carbocycles. The first-order valence-electron chi connectivity index (χ1n) is 5.99. The van der Waals surface area contributed by atoms with Gasteiger partial charge >= 0.3 is 5.97 Å². The summed E-state index contributed by atoms with van der Waals surface area (Å²) in [6, 6.07) is 0. The molecule has 2 nitrogen and oxygen atoms in total. The zero-order chi connectivity index (χ0) is 12.1. The first-order chi connectivity index (χ1) is 7.50. The Morgan fingerprint density at radius 2 is 2.38 bits per heavy atom. The van der Waals surface area contributed by atoms with Gasteiger partial charge in [0.1, 0.15) is 0 Å². The highest BCUT2D eigenvalue weighted by atomic mass is 16.5. The zero-order valence-corrected chi connectivity index (χ0v) is 10.6. The number of ether oxygens (including phenoxy) is 1. The summed E-state index contributed by atoms with van der Waals surface area (Å²) < 4.78 is 5.19. The molecule has 0 amide bonds. The van der Waals surface area contributed by atoms with Crippen molar-refractivity contribution < 1.29 is 9.53 Å². The molecule has 2 atom stereocenters. The maximum atomic E-state index is 11.2. The minimum absolute atomic E-state index is 0.269. The van der Waals surface area contributed by atoms with Crippen LogP contribution in [0.5, 0.6) is 0 Å². The number of carbonyl (C=O) groups excluding carboxylic acids is 1. The summed E-state index contributed by atoms with van der Waals surface area (Å²) in [4.78, 5) is 11.2. The van der Waals surface area contributed by atoms with Gasteiger partial charge in [-0.05, 0) is 44.9 Å². The van der Waals surface area contributed by atoms with Crippen LogP contribution in [0, 0.1) is 11.8 Å². The van der Waals surface area contributed by atoms with Crippen molar-refractivity contribution in [1.29, 1.82) is 0 Å². The van der Waals surface area contributed by atoms with Gasteiger partial charge < -0.3 is 4.74 Å². The third-order valence-electron chi connectivity index (χ3n) is 3.31. The van der Waals surface area contributed by atoms with Crippen molar-refractivity contribution in [2.45, 2.75) is 40.0 Å². The normalized spacial score (nSPS) is 22.2. The van der Waals surface area contributed by atoms with E-state index in [4.69, 9.17) is 4.74 Å². The summed E-state index contributed by atoms with van der Waals surface area (Å²) in [5.74, 6) is 0.823. The predicted octanol–water partition coefficient (Wildman–Crippen LogP) is 3.49. The summed E-state index contributed by atoms with van der Waals surface area (Å²) in [5.41, 5.74) is 1.97. The van der Waals surface area contributed by atoms with Crippen LogP contribution in [0.3, 0.4) is 0 Å². The van der Waals surface area contributed by atoms with Crippen molar-refractivity contribution in [2.75, 3.05) is 6.61 Å². The Hall–Kier alpha value is -1.05. The van der Waals surface area contributed by atoms with Crippen LogP contribution >= 0.6 is 0 Å². The minimum Gasteiger partial charge on any atom is -0.462 e. The lowest BCUT2D eigenvalue weighted by molar-refractivity contribution is -0.140. The van der Waals surface area contributed by atoms with Crippen LogP contribution in [0.2, 0.25) is 0 Å². The second-order valence-electron chi connectivity index (χ2n) is 4.94. The topological polar surface area (TPSA) is 26.3 Å². The van der Waals surface area contributed by atoms with E-state index >= 15 is 0 Å². The number of hydrogen-bond donors (Lipinski definition) is 0. The predicted molar refractivity (Wildman–Crippen MR) is 66.0 cm³/mol. The Morgan fingerprint density at radius 1 is 1.69 bits per heavy atom. The van der Waals surface area contributed by atoms with E-state index in [1.807, 2.05) is 0 Å². The average molecular weight is 222 g/mol. The van der Waals surface area contributed by atoms with Crippen LogP contribution in [-0.2, 0) is 9.53 Å². The highest BCUT2D eigenvalue weighted by Crippen LogP contribution is 2.29. The second-order valence-corrected chi connectivity index (χ2v) is 4.94. The first kappa shape index (κ1) is 13.0. The van der Waals surface area contributed by atoms with Crippen LogP contribution in [0.1, 0.15) is 40.0 Å². The van der Waals surface area contributed by atoms with Crippen LogP contribution < -0.4 is 0 Å². The number of rotatable bonds is 4. The molecule has 0 unspecified atom stereocenters. The molecule has 0 saturated carbocycles. The van der Waals surface area contributed by atoms with Crippen LogP contribution in [0.4, 0.5) is 0 Å². The number of esters is 1. The van der Waals surface area contributed by atoms with E-state index in [1.54, 1.807) is 6.92 Å². The largest absolute Gasteiger partial charge is 0.462 e. The molecule has 0 N–H and O–H groups in total. The van der Waals surface area contributed by atoms with E-state index in [1.165, 1.54) is 18.4 Å². The Labute approximate surface area is 98.4 Å². The van der Waals surface area contributed by atoms with Crippen LogP contribution in [0.25, 0.3) is 0 Å². The molecule has 0 aromatic heterocycles. The van der Waals surface area contributed by atoms with E-state index in [9.17, 15) is 4.79 Å². The highest BCUT2D eigenvalue weighted by Gasteiger charge is 2.20. The summed E-state index contributed by atoms with van der Waals surface area (Å²) in [6.45, 7) is 10.1. The molecule has 16 heavy (non-hydrogen) atoms. The maximum absolute atomic E-state index is 11.2. The minimum atomic E-state index is -0.269. The molecule has 90 valence electrons. The fourth-order valence-corrected chi connectivity index (χ4v) is 1.97. The average Bonchev–Trinajstić information content (AvgIpc) is 2.26. The van der Waals surface area contributed by atoms with Crippen molar-refractivity contribution in [1.82, 2.24) is 0 Å². The van der Waals surface area contributed by atoms with Gasteiger partial charge in [-0.1, -0.05) is 25.2 Å². The van der Waals surface area contributed by atoms with E-state index in [-0.39, 0.29) is 5.97 Å². The van der Waals surface area contributed by atoms with E-state index < -0.39 is 0 Å². The lowest BCUT2D eigenvalue weighted by Gasteiger charge is -2.26. The van der Waals surface area contributed by atoms with Gasteiger partial charge in [-0.2, -0.15) is 0 Å². The van der Waals surface area contributed by atoms with Gasteiger partial charge in [0.2, 0.25) is 0 Å². The van der Waals surface area contributed by atoms with Crippen LogP contribution in [-0.4, -0.2) is 12.6 Å². The van der Waals surface area contributed by atoms with Crippen LogP contribution in [0.15, 0.2) is 23.8 Å². The zero-order valence-electron chi connectivity index (χ0n) is 10.6. The SMILES string of the molecule is C=C(C)C(=O)OC[C@@H](C)[C@H]1CC=C(C)CC1. The molecule has 0 saturated heterocycles. The van der Waals surface area contributed by atoms with Gasteiger partial charge in [0.25, 0.3) is 0 Å². The third kappa shape index (κ3) is 3.84. The van der Waals surface area contributed by atoms with Crippen molar-refractivity contribution in [3.8, 4) is 0 Å². The van der Waals surface area contributed by atoms with Crippen molar-refractivity contribution in [2.24, 2.45) is 11.8 Å². The first-order valence-corrected chi connectivity index (χ1v) is 5.99. The van der Waals surface area contributed by atoms with Gasteiger partial charge in [0, 0.05) is 5.57 Å². The molecule has 0 spiro atoms. The molecule has 0 aromatic rings. The summed E-state index contributed by atoms with van der Waals surface area (Å²) in [6.07, 6.45) is 5.83. The summed E-state index contributed by atoms with van der Waals surface area (Å²) in [7, 11) is 0. The molecule has 0 radical (unpaired) electrons.